The van der Waals surface area contributed by atoms with E-state index in [1.165, 1.54) is 47.6 Å². The molecule has 0 unspecified atom stereocenters. The van der Waals surface area contributed by atoms with E-state index < -0.39 is 6.09 Å². The smallest absolute Gasteiger partial charge is 0.411 e. The van der Waals surface area contributed by atoms with Crippen molar-refractivity contribution < 1.29 is 14.3 Å². The maximum Gasteiger partial charge on any atom is 0.411 e. The lowest BCUT2D eigenvalue weighted by atomic mass is 9.90. The van der Waals surface area contributed by atoms with Gasteiger partial charge in [-0.2, -0.15) is 0 Å². The SMILES string of the molecule is CC(C)OC(=O)Nc1ccc(-c2cnc(C3CCCCC3)s2)c(N2CCOCC2)c1. The Balaban J connectivity index is 1.61. The zero-order chi connectivity index (χ0) is 20.9. The van der Waals surface area contributed by atoms with Gasteiger partial charge in [-0.1, -0.05) is 19.3 Å². The van der Waals surface area contributed by atoms with Crippen LogP contribution in [0.4, 0.5) is 16.2 Å². The third-order valence-electron chi connectivity index (χ3n) is 5.68. The molecule has 2 aromatic rings. The van der Waals surface area contributed by atoms with Crippen LogP contribution >= 0.6 is 11.3 Å². The van der Waals surface area contributed by atoms with Gasteiger partial charge in [0.05, 0.1) is 29.2 Å². The number of rotatable bonds is 5. The van der Waals surface area contributed by atoms with Crippen molar-refractivity contribution >= 4 is 28.8 Å². The number of hydrogen-bond acceptors (Lipinski definition) is 6. The highest BCUT2D eigenvalue weighted by Gasteiger charge is 2.22. The Hall–Kier alpha value is -2.12. The fourth-order valence-corrected chi connectivity index (χ4v) is 5.32. The Labute approximate surface area is 182 Å². The average molecular weight is 430 g/mol. The number of ether oxygens (including phenoxy) is 2. The Morgan fingerprint density at radius 3 is 2.73 bits per heavy atom. The molecule has 0 bridgehead atoms. The largest absolute Gasteiger partial charge is 0.447 e. The predicted octanol–water partition coefficient (Wildman–Crippen LogP) is 5.65. The van der Waals surface area contributed by atoms with Crippen LogP contribution in [0, 0.1) is 0 Å². The lowest BCUT2D eigenvalue weighted by Gasteiger charge is -2.31. The number of anilines is 2. The second-order valence-corrected chi connectivity index (χ2v) is 9.37. The summed E-state index contributed by atoms with van der Waals surface area (Å²) < 4.78 is 10.8. The minimum Gasteiger partial charge on any atom is -0.447 e. The molecule has 1 aromatic heterocycles. The van der Waals surface area contributed by atoms with Crippen molar-refractivity contribution in [2.75, 3.05) is 36.5 Å². The van der Waals surface area contributed by atoms with Gasteiger partial charge in [-0.3, -0.25) is 5.32 Å². The van der Waals surface area contributed by atoms with Crippen molar-refractivity contribution in [3.8, 4) is 10.4 Å². The first kappa shape index (κ1) is 21.1. The van der Waals surface area contributed by atoms with Gasteiger partial charge in [0.1, 0.15) is 0 Å². The number of benzene rings is 1. The number of carbonyl (C=O) groups is 1. The van der Waals surface area contributed by atoms with E-state index in [0.29, 0.717) is 19.1 Å². The molecule has 2 heterocycles. The van der Waals surface area contributed by atoms with E-state index in [9.17, 15) is 4.79 Å². The summed E-state index contributed by atoms with van der Waals surface area (Å²) >= 11 is 1.82. The molecule has 4 rings (SSSR count). The molecule has 30 heavy (non-hydrogen) atoms. The molecular formula is C23H31N3O3S. The van der Waals surface area contributed by atoms with E-state index in [0.717, 1.165) is 24.5 Å². The number of nitrogens with one attached hydrogen (secondary N) is 1. The number of thiazole rings is 1. The number of amides is 1. The van der Waals surface area contributed by atoms with Gasteiger partial charge in [-0.15, -0.1) is 11.3 Å². The summed E-state index contributed by atoms with van der Waals surface area (Å²) in [6.07, 6.45) is 7.92. The van der Waals surface area contributed by atoms with Crippen molar-refractivity contribution in [1.29, 1.82) is 0 Å². The topological polar surface area (TPSA) is 63.7 Å². The quantitative estimate of drug-likeness (QED) is 0.665. The molecular weight excluding hydrogens is 398 g/mol. The van der Waals surface area contributed by atoms with E-state index in [1.807, 2.05) is 43.5 Å². The van der Waals surface area contributed by atoms with Crippen LogP contribution in [0.25, 0.3) is 10.4 Å². The van der Waals surface area contributed by atoms with Crippen LogP contribution in [0.2, 0.25) is 0 Å². The first-order valence-electron chi connectivity index (χ1n) is 11.0. The molecule has 1 aliphatic carbocycles. The Bertz CT molecular complexity index is 855. The summed E-state index contributed by atoms with van der Waals surface area (Å²) in [6.45, 7) is 6.78. The molecule has 162 valence electrons. The molecule has 1 aromatic carbocycles. The van der Waals surface area contributed by atoms with Crippen molar-refractivity contribution in [1.82, 2.24) is 4.98 Å². The van der Waals surface area contributed by atoms with Gasteiger partial charge >= 0.3 is 6.09 Å². The van der Waals surface area contributed by atoms with Crippen LogP contribution < -0.4 is 10.2 Å². The zero-order valence-electron chi connectivity index (χ0n) is 17.9. The standard InChI is InChI=1S/C23H31N3O3S/c1-16(2)29-23(27)25-18-8-9-19(20(14-18)26-10-12-28-13-11-26)21-15-24-22(30-21)17-6-4-3-5-7-17/h8-9,14-17H,3-7,10-13H2,1-2H3,(H,25,27). The fourth-order valence-electron chi connectivity index (χ4n) is 4.20. The minimum absolute atomic E-state index is 0.154. The summed E-state index contributed by atoms with van der Waals surface area (Å²) in [7, 11) is 0. The Kier molecular flexibility index (Phi) is 6.89. The molecule has 0 atom stereocenters. The minimum atomic E-state index is -0.428. The molecule has 1 saturated heterocycles. The van der Waals surface area contributed by atoms with E-state index >= 15 is 0 Å². The molecule has 0 radical (unpaired) electrons. The molecule has 0 spiro atoms. The summed E-state index contributed by atoms with van der Waals surface area (Å²) in [5, 5.41) is 4.12. The highest BCUT2D eigenvalue weighted by Crippen LogP contribution is 2.41. The van der Waals surface area contributed by atoms with Crippen LogP contribution in [-0.2, 0) is 9.47 Å². The fraction of sp³-hybridized carbons (Fsp3) is 0.565. The second kappa shape index (κ2) is 9.79. The van der Waals surface area contributed by atoms with Crippen LogP contribution in [0.1, 0.15) is 56.9 Å². The number of nitrogens with zero attached hydrogens (tertiary/aromatic N) is 2. The van der Waals surface area contributed by atoms with Gasteiger partial charge in [-0.25, -0.2) is 9.78 Å². The monoisotopic (exact) mass is 429 g/mol. The molecule has 2 fully saturated rings. The van der Waals surface area contributed by atoms with Crippen molar-refractivity contribution in [3.63, 3.8) is 0 Å². The second-order valence-electron chi connectivity index (χ2n) is 8.31. The first-order valence-corrected chi connectivity index (χ1v) is 11.8. The van der Waals surface area contributed by atoms with Crippen LogP contribution in [-0.4, -0.2) is 43.5 Å². The normalized spacial score (nSPS) is 17.9. The highest BCUT2D eigenvalue weighted by atomic mass is 32.1. The first-order chi connectivity index (χ1) is 14.6. The summed E-state index contributed by atoms with van der Waals surface area (Å²) in [6, 6.07) is 6.08. The molecule has 7 heteroatoms. The highest BCUT2D eigenvalue weighted by molar-refractivity contribution is 7.15. The number of morpholine rings is 1. The Morgan fingerprint density at radius 1 is 1.23 bits per heavy atom. The van der Waals surface area contributed by atoms with Gasteiger partial charge < -0.3 is 14.4 Å². The average Bonchev–Trinajstić information content (AvgIpc) is 3.24. The van der Waals surface area contributed by atoms with Crippen molar-refractivity contribution in [2.24, 2.45) is 0 Å². The lowest BCUT2D eigenvalue weighted by Crippen LogP contribution is -2.36. The van der Waals surface area contributed by atoms with Crippen molar-refractivity contribution in [3.05, 3.63) is 29.4 Å². The lowest BCUT2D eigenvalue weighted by molar-refractivity contribution is 0.122. The van der Waals surface area contributed by atoms with Crippen LogP contribution in [0.15, 0.2) is 24.4 Å². The summed E-state index contributed by atoms with van der Waals surface area (Å²) in [4.78, 5) is 20.4. The summed E-state index contributed by atoms with van der Waals surface area (Å²) in [5.74, 6) is 0.607. The molecule has 1 saturated carbocycles. The van der Waals surface area contributed by atoms with E-state index in [1.54, 1.807) is 0 Å². The maximum absolute atomic E-state index is 12.1. The molecule has 2 aliphatic rings. The number of carbonyl (C=O) groups excluding carboxylic acids is 1. The number of hydrogen-bond donors (Lipinski definition) is 1. The van der Waals surface area contributed by atoms with Crippen LogP contribution in [0.5, 0.6) is 0 Å². The van der Waals surface area contributed by atoms with Gasteiger partial charge in [0.15, 0.2) is 0 Å². The molecule has 1 amide bonds. The van der Waals surface area contributed by atoms with Gasteiger partial charge in [0, 0.05) is 42.1 Å². The van der Waals surface area contributed by atoms with Gasteiger partial charge in [-0.05, 0) is 44.9 Å². The molecule has 1 aliphatic heterocycles. The zero-order valence-corrected chi connectivity index (χ0v) is 18.7. The van der Waals surface area contributed by atoms with Crippen molar-refractivity contribution in [2.45, 2.75) is 58.0 Å². The third kappa shape index (κ3) is 5.13. The molecule has 6 nitrogen and oxygen atoms in total. The van der Waals surface area contributed by atoms with E-state index in [2.05, 4.69) is 16.3 Å². The summed E-state index contributed by atoms with van der Waals surface area (Å²) in [5.41, 5.74) is 3.02. The van der Waals surface area contributed by atoms with Gasteiger partial charge in [0.2, 0.25) is 0 Å². The van der Waals surface area contributed by atoms with Gasteiger partial charge in [0.25, 0.3) is 0 Å². The Morgan fingerprint density at radius 2 is 2.00 bits per heavy atom. The van der Waals surface area contributed by atoms with E-state index in [4.69, 9.17) is 14.5 Å². The van der Waals surface area contributed by atoms with E-state index in [-0.39, 0.29) is 6.10 Å². The number of aromatic nitrogens is 1. The molecule has 1 N–H and O–H groups in total. The third-order valence-corrected chi connectivity index (χ3v) is 6.88. The van der Waals surface area contributed by atoms with Crippen LogP contribution in [0.3, 0.4) is 0 Å². The maximum atomic E-state index is 12.1. The predicted molar refractivity (Wildman–Crippen MR) is 122 cm³/mol.